The van der Waals surface area contributed by atoms with Crippen LogP contribution in [-0.4, -0.2) is 29.8 Å². The van der Waals surface area contributed by atoms with Crippen molar-refractivity contribution >= 4 is 15.9 Å². The Balaban J connectivity index is 2.06. The third-order valence-electron chi connectivity index (χ3n) is 3.79. The fourth-order valence-corrected chi connectivity index (χ4v) is 3.22. The van der Waals surface area contributed by atoms with Crippen LogP contribution in [0.4, 0.5) is 4.39 Å². The van der Waals surface area contributed by atoms with Crippen LogP contribution >= 0.6 is 15.9 Å². The molecule has 0 bridgehead atoms. The number of hydrogen-bond donors (Lipinski definition) is 2. The molecule has 6 nitrogen and oxygen atoms in total. The lowest BCUT2D eigenvalue weighted by Crippen LogP contribution is -2.11. The molecule has 0 aliphatic heterocycles. The van der Waals surface area contributed by atoms with E-state index in [1.807, 2.05) is 6.92 Å². The van der Waals surface area contributed by atoms with Gasteiger partial charge in [-0.2, -0.15) is 10.2 Å². The Bertz CT molecular complexity index is 862. The summed E-state index contributed by atoms with van der Waals surface area (Å²) in [6.45, 7) is 2.28. The summed E-state index contributed by atoms with van der Waals surface area (Å²) in [4.78, 5) is 0. The molecule has 0 radical (unpaired) electrons. The van der Waals surface area contributed by atoms with Gasteiger partial charge in [-0.3, -0.25) is 4.68 Å². The lowest BCUT2D eigenvalue weighted by Gasteiger charge is -2.15. The summed E-state index contributed by atoms with van der Waals surface area (Å²) >= 11 is 3.44. The number of benzene rings is 1. The topological polar surface area (TPSA) is 76.1 Å². The van der Waals surface area contributed by atoms with Crippen LogP contribution in [0.3, 0.4) is 0 Å². The van der Waals surface area contributed by atoms with Crippen LogP contribution in [0.5, 0.6) is 0 Å². The highest BCUT2D eigenvalue weighted by molar-refractivity contribution is 9.10. The molecule has 1 unspecified atom stereocenters. The van der Waals surface area contributed by atoms with Crippen molar-refractivity contribution in [1.29, 1.82) is 0 Å². The van der Waals surface area contributed by atoms with Gasteiger partial charge < -0.3 is 10.2 Å². The summed E-state index contributed by atoms with van der Waals surface area (Å²) in [5.74, 6) is -0.441. The molecule has 8 heteroatoms. The maximum absolute atomic E-state index is 13.4. The maximum Gasteiger partial charge on any atom is 0.125 e. The van der Waals surface area contributed by atoms with E-state index in [2.05, 4.69) is 26.1 Å². The Labute approximate surface area is 146 Å². The fraction of sp³-hybridized carbons (Fsp3) is 0.250. The summed E-state index contributed by atoms with van der Waals surface area (Å²) < 4.78 is 17.3. The molecule has 0 aliphatic carbocycles. The second kappa shape index (κ2) is 6.84. The molecule has 2 aromatic heterocycles. The molecule has 126 valence electrons. The van der Waals surface area contributed by atoms with Gasteiger partial charge in [-0.1, -0.05) is 0 Å². The highest BCUT2D eigenvalue weighted by Crippen LogP contribution is 2.30. The predicted molar refractivity (Wildman–Crippen MR) is 89.1 cm³/mol. The van der Waals surface area contributed by atoms with E-state index in [0.717, 1.165) is 0 Å². The Morgan fingerprint density at radius 1 is 1.29 bits per heavy atom. The quantitative estimate of drug-likeness (QED) is 0.697. The van der Waals surface area contributed by atoms with Gasteiger partial charge in [0.05, 0.1) is 24.2 Å². The van der Waals surface area contributed by atoms with E-state index < -0.39 is 11.9 Å². The van der Waals surface area contributed by atoms with Gasteiger partial charge in [-0.15, -0.1) is 0 Å². The van der Waals surface area contributed by atoms with Crippen molar-refractivity contribution in [1.82, 2.24) is 19.6 Å². The van der Waals surface area contributed by atoms with Crippen LogP contribution in [0.15, 0.2) is 41.3 Å². The summed E-state index contributed by atoms with van der Waals surface area (Å²) in [7, 11) is 0. The van der Waals surface area contributed by atoms with Crippen LogP contribution in [0.1, 0.15) is 29.8 Å². The number of aromatic nitrogens is 4. The molecule has 0 saturated heterocycles. The molecule has 3 aromatic rings. The summed E-state index contributed by atoms with van der Waals surface area (Å²) in [6.07, 6.45) is 2.16. The van der Waals surface area contributed by atoms with Crippen molar-refractivity contribution in [2.45, 2.75) is 26.2 Å². The second-order valence-corrected chi connectivity index (χ2v) is 5.96. The predicted octanol–water partition coefficient (Wildman–Crippen LogP) is 2.56. The van der Waals surface area contributed by atoms with E-state index >= 15 is 0 Å². The third-order valence-corrected chi connectivity index (χ3v) is 4.65. The second-order valence-electron chi connectivity index (χ2n) is 5.21. The zero-order valence-corrected chi connectivity index (χ0v) is 14.5. The SMILES string of the molecule is CCn1ncc(C(O)c2ccnn2-c2ccc(F)cc2CO)c1Br. The Morgan fingerprint density at radius 2 is 2.08 bits per heavy atom. The van der Waals surface area contributed by atoms with Gasteiger partial charge in [0.1, 0.15) is 16.5 Å². The van der Waals surface area contributed by atoms with Crippen LogP contribution in [0.2, 0.25) is 0 Å². The fourth-order valence-electron chi connectivity index (χ4n) is 2.56. The Hall–Kier alpha value is -2.03. The van der Waals surface area contributed by atoms with E-state index in [9.17, 15) is 14.6 Å². The van der Waals surface area contributed by atoms with E-state index in [4.69, 9.17) is 0 Å². The molecular weight excluding hydrogens is 379 g/mol. The molecule has 24 heavy (non-hydrogen) atoms. The monoisotopic (exact) mass is 394 g/mol. The Morgan fingerprint density at radius 3 is 2.75 bits per heavy atom. The molecule has 2 N–H and O–H groups in total. The van der Waals surface area contributed by atoms with Crippen molar-refractivity contribution in [3.05, 3.63) is 63.9 Å². The third kappa shape index (κ3) is 2.88. The highest BCUT2D eigenvalue weighted by Gasteiger charge is 2.22. The number of aliphatic hydroxyl groups excluding tert-OH is 2. The molecule has 0 aliphatic rings. The van der Waals surface area contributed by atoms with Crippen molar-refractivity contribution in [2.75, 3.05) is 0 Å². The maximum atomic E-state index is 13.4. The normalized spacial score (nSPS) is 12.5. The van der Waals surface area contributed by atoms with Crippen LogP contribution in [0.25, 0.3) is 5.69 Å². The zero-order valence-electron chi connectivity index (χ0n) is 12.9. The first-order chi connectivity index (χ1) is 11.6. The van der Waals surface area contributed by atoms with Crippen molar-refractivity contribution < 1.29 is 14.6 Å². The first kappa shape index (κ1) is 16.8. The van der Waals surface area contributed by atoms with Gasteiger partial charge in [-0.25, -0.2) is 9.07 Å². The molecule has 2 heterocycles. The summed E-state index contributed by atoms with van der Waals surface area (Å²) in [5.41, 5.74) is 1.99. The number of rotatable bonds is 5. The van der Waals surface area contributed by atoms with E-state index in [1.165, 1.54) is 22.9 Å². The van der Waals surface area contributed by atoms with Crippen molar-refractivity contribution in [2.24, 2.45) is 0 Å². The van der Waals surface area contributed by atoms with Gasteiger partial charge in [-0.05, 0) is 47.1 Å². The molecular formula is C16H16BrFN4O2. The van der Waals surface area contributed by atoms with Crippen LogP contribution in [0, 0.1) is 5.82 Å². The number of aryl methyl sites for hydroxylation is 1. The minimum atomic E-state index is -0.973. The van der Waals surface area contributed by atoms with Gasteiger partial charge >= 0.3 is 0 Å². The number of hydrogen-bond acceptors (Lipinski definition) is 4. The van der Waals surface area contributed by atoms with Crippen LogP contribution in [-0.2, 0) is 13.2 Å². The van der Waals surface area contributed by atoms with E-state index in [0.29, 0.717) is 33.7 Å². The summed E-state index contributed by atoms with van der Waals surface area (Å²) in [5, 5.41) is 28.6. The van der Waals surface area contributed by atoms with Gasteiger partial charge in [0.2, 0.25) is 0 Å². The number of aliphatic hydroxyl groups is 2. The molecule has 0 saturated carbocycles. The van der Waals surface area contributed by atoms with Crippen LogP contribution < -0.4 is 0 Å². The summed E-state index contributed by atoms with van der Waals surface area (Å²) in [6, 6.07) is 5.73. The standard InChI is InChI=1S/C16H16BrFN4O2/c1-2-21-16(17)12(8-20-21)15(24)14-5-6-19-22(14)13-4-3-11(18)7-10(13)9-23/h3-8,15,23-24H,2,9H2,1H3. The number of nitrogens with zero attached hydrogens (tertiary/aromatic N) is 4. The average Bonchev–Trinajstić information content (AvgIpc) is 3.20. The molecule has 0 spiro atoms. The Kier molecular flexibility index (Phi) is 4.79. The molecule has 3 rings (SSSR count). The minimum absolute atomic E-state index is 0.333. The molecule has 0 amide bonds. The average molecular weight is 395 g/mol. The first-order valence-electron chi connectivity index (χ1n) is 7.39. The van der Waals surface area contributed by atoms with Crippen molar-refractivity contribution in [3.8, 4) is 5.69 Å². The van der Waals surface area contributed by atoms with Gasteiger partial charge in [0, 0.05) is 23.9 Å². The zero-order chi connectivity index (χ0) is 17.3. The van der Waals surface area contributed by atoms with E-state index in [-0.39, 0.29) is 6.61 Å². The van der Waals surface area contributed by atoms with Crippen molar-refractivity contribution in [3.63, 3.8) is 0 Å². The lowest BCUT2D eigenvalue weighted by molar-refractivity contribution is 0.210. The first-order valence-corrected chi connectivity index (χ1v) is 8.19. The molecule has 1 atom stereocenters. The molecule has 1 aromatic carbocycles. The minimum Gasteiger partial charge on any atom is -0.392 e. The number of halogens is 2. The van der Waals surface area contributed by atoms with E-state index in [1.54, 1.807) is 23.1 Å². The van der Waals surface area contributed by atoms with Gasteiger partial charge in [0.25, 0.3) is 0 Å². The smallest absolute Gasteiger partial charge is 0.125 e. The molecule has 0 fully saturated rings. The lowest BCUT2D eigenvalue weighted by atomic mass is 10.1. The van der Waals surface area contributed by atoms with Gasteiger partial charge in [0.15, 0.2) is 0 Å². The largest absolute Gasteiger partial charge is 0.392 e. The highest BCUT2D eigenvalue weighted by atomic mass is 79.9.